The van der Waals surface area contributed by atoms with E-state index in [4.69, 9.17) is 49.4 Å². The number of halogens is 3. The summed E-state index contributed by atoms with van der Waals surface area (Å²) in [6, 6.07) is 22.9. The van der Waals surface area contributed by atoms with Gasteiger partial charge in [0.15, 0.2) is 11.9 Å². The van der Waals surface area contributed by atoms with E-state index < -0.39 is 18.0 Å². The van der Waals surface area contributed by atoms with Crippen LogP contribution in [0.4, 0.5) is 11.5 Å². The zero-order valence-corrected chi connectivity index (χ0v) is 52.1. The first-order valence-corrected chi connectivity index (χ1v) is 31.4. The maximum absolute atomic E-state index is 14.5. The quantitative estimate of drug-likeness (QED) is 0.0269. The number of aromatic nitrogens is 2. The third kappa shape index (κ3) is 19.9. The van der Waals surface area contributed by atoms with Crippen LogP contribution in [0.25, 0.3) is 5.69 Å². The molecule has 0 radical (unpaired) electrons. The minimum Gasteiger partial charge on any atom is -0.480 e. The number of amides is 3. The van der Waals surface area contributed by atoms with Gasteiger partial charge in [-0.3, -0.25) is 19.2 Å². The number of hydrogen-bond acceptors (Lipinski definition) is 8. The molecule has 3 amide bonds. The lowest BCUT2D eigenvalue weighted by molar-refractivity contribution is -0.135. The number of carbonyl (C=O) groups excluding carboxylic acids is 4. The number of nitrogens with zero attached hydrogens (tertiary/aromatic N) is 2. The maximum atomic E-state index is 14.5. The highest BCUT2D eigenvalue weighted by molar-refractivity contribution is 7.99. The molecule has 1 atom stereocenters. The van der Waals surface area contributed by atoms with Crippen LogP contribution >= 0.6 is 46.6 Å². The molecule has 0 aliphatic rings. The summed E-state index contributed by atoms with van der Waals surface area (Å²) in [6.07, 6.45) is 21.1. The molecular weight excluding hydrogens is 1090 g/mol. The molecular formula is C65H88Cl3N5O6S. The molecule has 1 heterocycles. The Kier molecular flexibility index (Phi) is 27.3. The Balaban J connectivity index is 1.38. The molecule has 0 spiro atoms. The van der Waals surface area contributed by atoms with Crippen LogP contribution in [0.2, 0.25) is 15.1 Å². The van der Waals surface area contributed by atoms with Crippen molar-refractivity contribution >= 4 is 81.8 Å². The van der Waals surface area contributed by atoms with Gasteiger partial charge in [-0.05, 0) is 109 Å². The van der Waals surface area contributed by atoms with Crippen molar-refractivity contribution < 1.29 is 28.7 Å². The lowest BCUT2D eigenvalue weighted by Gasteiger charge is -2.31. The molecule has 1 aromatic heterocycles. The van der Waals surface area contributed by atoms with Crippen molar-refractivity contribution in [3.05, 3.63) is 116 Å². The summed E-state index contributed by atoms with van der Waals surface area (Å²) in [5.74, 6) is -0.948. The third-order valence-corrected chi connectivity index (χ3v) is 17.0. The predicted molar refractivity (Wildman–Crippen MR) is 332 cm³/mol. The summed E-state index contributed by atoms with van der Waals surface area (Å²) in [5.41, 5.74) is 3.27. The molecule has 5 rings (SSSR count). The average Bonchev–Trinajstić information content (AvgIpc) is 3.75. The lowest BCUT2D eigenvalue weighted by Crippen LogP contribution is -2.33. The minimum absolute atomic E-state index is 0.0278. The Morgan fingerprint density at radius 3 is 1.81 bits per heavy atom. The van der Waals surface area contributed by atoms with Gasteiger partial charge in [-0.25, -0.2) is 0 Å². The van der Waals surface area contributed by atoms with Gasteiger partial charge in [0, 0.05) is 45.3 Å². The second-order valence-corrected chi connectivity index (χ2v) is 24.6. The number of rotatable bonds is 35. The van der Waals surface area contributed by atoms with Crippen molar-refractivity contribution in [1.29, 1.82) is 0 Å². The Hall–Kier alpha value is -5.01. The molecule has 15 heteroatoms. The van der Waals surface area contributed by atoms with Gasteiger partial charge >= 0.3 is 5.97 Å². The second-order valence-electron chi connectivity index (χ2n) is 22.2. The van der Waals surface area contributed by atoms with Crippen LogP contribution in [0.1, 0.15) is 229 Å². The molecule has 0 fully saturated rings. The summed E-state index contributed by atoms with van der Waals surface area (Å²) in [7, 11) is 0. The van der Waals surface area contributed by atoms with E-state index in [9.17, 15) is 19.2 Å². The summed E-state index contributed by atoms with van der Waals surface area (Å²) in [5, 5.41) is 14.3. The number of carbonyl (C=O) groups is 4. The van der Waals surface area contributed by atoms with E-state index in [1.807, 2.05) is 13.0 Å². The molecule has 0 aliphatic heterocycles. The van der Waals surface area contributed by atoms with Crippen LogP contribution in [0.3, 0.4) is 0 Å². The van der Waals surface area contributed by atoms with Crippen LogP contribution in [-0.4, -0.2) is 46.1 Å². The smallest absolute Gasteiger partial charge is 0.312 e. The molecule has 11 nitrogen and oxygen atoms in total. The van der Waals surface area contributed by atoms with Crippen molar-refractivity contribution in [3.63, 3.8) is 0 Å². The van der Waals surface area contributed by atoms with E-state index in [2.05, 4.69) is 83.5 Å². The van der Waals surface area contributed by atoms with Gasteiger partial charge in [0.1, 0.15) is 16.3 Å². The van der Waals surface area contributed by atoms with Gasteiger partial charge in [-0.1, -0.05) is 223 Å². The highest BCUT2D eigenvalue weighted by atomic mass is 35.5. The van der Waals surface area contributed by atoms with Crippen molar-refractivity contribution in [3.8, 4) is 17.3 Å². The van der Waals surface area contributed by atoms with Crippen LogP contribution in [-0.2, 0) is 20.4 Å². The van der Waals surface area contributed by atoms with Gasteiger partial charge in [0.25, 0.3) is 17.7 Å². The van der Waals surface area contributed by atoms with Gasteiger partial charge in [0.2, 0.25) is 5.88 Å². The van der Waals surface area contributed by atoms with Crippen LogP contribution in [0.5, 0.6) is 11.6 Å². The average molecular weight is 1170 g/mol. The SMILES string of the molecule is CCCCCCCCCCCCCCNC(=O)c1ccc(Sc2c(NC(=O)c3cccc(NC(=O)C(CC)Oc4ccc(C(C)(C)CC)cc4C(C)(C)CC)c3)nn(-c3c(Cl)cc(Cl)cc3Cl)c2OC(=O)CCCCCCC)cc1. The second kappa shape index (κ2) is 33.2. The molecule has 0 saturated heterocycles. The highest BCUT2D eigenvalue weighted by Crippen LogP contribution is 2.45. The Morgan fingerprint density at radius 2 is 1.23 bits per heavy atom. The van der Waals surface area contributed by atoms with E-state index in [-0.39, 0.29) is 72.0 Å². The molecule has 436 valence electrons. The molecule has 4 aromatic carbocycles. The van der Waals surface area contributed by atoms with E-state index in [0.29, 0.717) is 41.3 Å². The molecule has 1 unspecified atom stereocenters. The monoisotopic (exact) mass is 1170 g/mol. The molecule has 3 N–H and O–H groups in total. The van der Waals surface area contributed by atoms with Gasteiger partial charge in [0.05, 0.1) is 10.0 Å². The number of esters is 1. The predicted octanol–water partition coefficient (Wildman–Crippen LogP) is 19.1. The van der Waals surface area contributed by atoms with Crippen molar-refractivity contribution in [2.75, 3.05) is 17.2 Å². The first-order chi connectivity index (χ1) is 38.4. The van der Waals surface area contributed by atoms with Gasteiger partial charge < -0.3 is 25.4 Å². The fourth-order valence-electron chi connectivity index (χ4n) is 9.23. The first kappa shape index (κ1) is 65.8. The normalized spacial score (nSPS) is 12.1. The number of unbranched alkanes of at least 4 members (excludes halogenated alkanes) is 15. The number of benzene rings is 4. The van der Waals surface area contributed by atoms with Crippen molar-refractivity contribution in [1.82, 2.24) is 15.1 Å². The van der Waals surface area contributed by atoms with Crippen LogP contribution < -0.4 is 25.4 Å². The molecule has 0 bridgehead atoms. The number of hydrogen-bond donors (Lipinski definition) is 3. The van der Waals surface area contributed by atoms with Crippen LogP contribution in [0, 0.1) is 0 Å². The maximum Gasteiger partial charge on any atom is 0.312 e. The van der Waals surface area contributed by atoms with E-state index in [1.165, 1.54) is 91.9 Å². The fourth-order valence-corrected chi connectivity index (χ4v) is 11.1. The summed E-state index contributed by atoms with van der Waals surface area (Å²) in [6.45, 7) is 20.0. The van der Waals surface area contributed by atoms with E-state index >= 15 is 0 Å². The fraction of sp³-hybridized carbons (Fsp3) is 0.523. The topological polar surface area (TPSA) is 141 Å². The van der Waals surface area contributed by atoms with Crippen LogP contribution in [0.15, 0.2) is 88.7 Å². The number of nitrogens with one attached hydrogen (secondary N) is 3. The van der Waals surface area contributed by atoms with Crippen molar-refractivity contribution in [2.24, 2.45) is 0 Å². The largest absolute Gasteiger partial charge is 0.480 e. The lowest BCUT2D eigenvalue weighted by atomic mass is 9.76. The Labute approximate surface area is 497 Å². The molecule has 5 aromatic rings. The standard InChI is InChI=1S/C65H88Cl3N5O6S/c1-10-15-17-19-20-21-22-23-24-25-27-29-40-69-60(75)45-34-37-50(38-35-45)80-58-59(72-73(57-52(67)43-48(66)44-53(57)68)63(58)79-56(74)33-28-26-18-16-11-2)71-61(76)46-31-30-32-49(41-46)70-62(77)54(12-3)78-55-39-36-47(64(6,7)13-4)42-51(55)65(8,9)14-5/h30-32,34-39,41-44,54H,10-29,33,40H2,1-9H3,(H,69,75)(H,70,77)(H,71,72,76). The molecule has 0 aliphatic carbocycles. The third-order valence-electron chi connectivity index (χ3n) is 15.2. The van der Waals surface area contributed by atoms with Gasteiger partial charge in [-0.2, -0.15) is 4.68 Å². The summed E-state index contributed by atoms with van der Waals surface area (Å²) in [4.78, 5) is 56.5. The zero-order valence-electron chi connectivity index (χ0n) is 49.0. The van der Waals surface area contributed by atoms with E-state index in [0.717, 1.165) is 63.4 Å². The van der Waals surface area contributed by atoms with E-state index in [1.54, 1.807) is 48.5 Å². The zero-order chi connectivity index (χ0) is 58.2. The molecule has 80 heavy (non-hydrogen) atoms. The summed E-state index contributed by atoms with van der Waals surface area (Å²) < 4.78 is 14.1. The number of anilines is 2. The highest BCUT2D eigenvalue weighted by Gasteiger charge is 2.31. The number of ether oxygens (including phenoxy) is 2. The van der Waals surface area contributed by atoms with Crippen molar-refractivity contribution in [2.45, 2.75) is 224 Å². The van der Waals surface area contributed by atoms with Gasteiger partial charge in [-0.15, -0.1) is 5.10 Å². The summed E-state index contributed by atoms with van der Waals surface area (Å²) >= 11 is 21.2. The minimum atomic E-state index is -0.830. The molecule has 0 saturated carbocycles. The first-order valence-electron chi connectivity index (χ1n) is 29.4. The Morgan fingerprint density at radius 1 is 0.637 bits per heavy atom. The Bertz CT molecular complexity index is 2770.